The number of nitrogens with one attached hydrogen (secondary N) is 1. The van der Waals surface area contributed by atoms with E-state index in [9.17, 15) is 0 Å². The normalized spacial score (nSPS) is 24.5. The number of ether oxygens (including phenoxy) is 1. The summed E-state index contributed by atoms with van der Waals surface area (Å²) >= 11 is 0. The smallest absolute Gasteiger partial charge is 0.0779 e. The fraction of sp³-hybridized carbons (Fsp3) is 1.00. The van der Waals surface area contributed by atoms with Gasteiger partial charge in [0.1, 0.15) is 0 Å². The minimum atomic E-state index is 0.0160. The maximum absolute atomic E-state index is 6.36. The van der Waals surface area contributed by atoms with Crippen LogP contribution in [0.1, 0.15) is 66.7 Å². The molecule has 1 aliphatic rings. The summed E-state index contributed by atoms with van der Waals surface area (Å²) in [5.41, 5.74) is 0.548. The molecule has 2 heteroatoms. The van der Waals surface area contributed by atoms with Gasteiger partial charge in [0, 0.05) is 6.54 Å². The SMILES string of the molecule is CCNCC(C)(CC)OC1CCC(C)(C)CC1. The Morgan fingerprint density at radius 2 is 1.82 bits per heavy atom. The highest BCUT2D eigenvalue weighted by atomic mass is 16.5. The molecule has 0 aromatic rings. The molecule has 0 bridgehead atoms. The molecular formula is C15H31NO. The molecule has 0 aromatic heterocycles. The van der Waals surface area contributed by atoms with Gasteiger partial charge in [-0.05, 0) is 51.0 Å². The van der Waals surface area contributed by atoms with Crippen LogP contribution in [0.5, 0.6) is 0 Å². The number of rotatable bonds is 6. The summed E-state index contributed by atoms with van der Waals surface area (Å²) in [6.45, 7) is 13.4. The number of hydrogen-bond donors (Lipinski definition) is 1. The lowest BCUT2D eigenvalue weighted by molar-refractivity contribution is -0.104. The van der Waals surface area contributed by atoms with Crippen LogP contribution in [0.15, 0.2) is 0 Å². The van der Waals surface area contributed by atoms with Crippen molar-refractivity contribution in [2.45, 2.75) is 78.4 Å². The van der Waals surface area contributed by atoms with Crippen molar-refractivity contribution < 1.29 is 4.74 Å². The maximum Gasteiger partial charge on any atom is 0.0779 e. The predicted octanol–water partition coefficient (Wildman–Crippen LogP) is 3.75. The Hall–Kier alpha value is -0.0800. The Balaban J connectivity index is 2.41. The minimum absolute atomic E-state index is 0.0160. The third-order valence-corrected chi connectivity index (χ3v) is 4.23. The van der Waals surface area contributed by atoms with Crippen LogP contribution in [0.2, 0.25) is 0 Å². The quantitative estimate of drug-likeness (QED) is 0.764. The first kappa shape index (κ1) is 15.0. The molecule has 1 rings (SSSR count). The van der Waals surface area contributed by atoms with Crippen LogP contribution < -0.4 is 5.32 Å². The summed E-state index contributed by atoms with van der Waals surface area (Å²) in [6, 6.07) is 0. The fourth-order valence-electron chi connectivity index (χ4n) is 2.53. The summed E-state index contributed by atoms with van der Waals surface area (Å²) in [5.74, 6) is 0. The highest BCUT2D eigenvalue weighted by Crippen LogP contribution is 2.37. The molecule has 0 heterocycles. The van der Waals surface area contributed by atoms with Crippen LogP contribution in [0, 0.1) is 5.41 Å². The first-order chi connectivity index (χ1) is 7.91. The van der Waals surface area contributed by atoms with Crippen molar-refractivity contribution in [1.29, 1.82) is 0 Å². The molecule has 1 unspecified atom stereocenters. The van der Waals surface area contributed by atoms with E-state index >= 15 is 0 Å². The molecule has 0 radical (unpaired) electrons. The van der Waals surface area contributed by atoms with Crippen LogP contribution >= 0.6 is 0 Å². The lowest BCUT2D eigenvalue weighted by Crippen LogP contribution is -2.43. The Morgan fingerprint density at radius 1 is 1.24 bits per heavy atom. The van der Waals surface area contributed by atoms with Crippen LogP contribution in [-0.2, 0) is 4.74 Å². The van der Waals surface area contributed by atoms with Crippen molar-refractivity contribution in [3.63, 3.8) is 0 Å². The summed E-state index contributed by atoms with van der Waals surface area (Å²) in [6.07, 6.45) is 6.63. The van der Waals surface area contributed by atoms with E-state index in [1.165, 1.54) is 25.7 Å². The third kappa shape index (κ3) is 4.97. The zero-order valence-electron chi connectivity index (χ0n) is 12.4. The van der Waals surface area contributed by atoms with Crippen molar-refractivity contribution >= 4 is 0 Å². The van der Waals surface area contributed by atoms with Gasteiger partial charge in [0.05, 0.1) is 11.7 Å². The van der Waals surface area contributed by atoms with Crippen molar-refractivity contribution in [2.24, 2.45) is 5.41 Å². The van der Waals surface area contributed by atoms with Gasteiger partial charge in [-0.3, -0.25) is 0 Å². The lowest BCUT2D eigenvalue weighted by atomic mass is 9.76. The Morgan fingerprint density at radius 3 is 2.29 bits per heavy atom. The molecular weight excluding hydrogens is 210 g/mol. The lowest BCUT2D eigenvalue weighted by Gasteiger charge is -2.39. The predicted molar refractivity (Wildman–Crippen MR) is 74.4 cm³/mol. The molecule has 0 aliphatic heterocycles. The molecule has 1 saturated carbocycles. The van der Waals surface area contributed by atoms with E-state index in [4.69, 9.17) is 4.74 Å². The van der Waals surface area contributed by atoms with Gasteiger partial charge in [0.25, 0.3) is 0 Å². The molecule has 0 aromatic carbocycles. The van der Waals surface area contributed by atoms with E-state index in [1.807, 2.05) is 0 Å². The van der Waals surface area contributed by atoms with E-state index < -0.39 is 0 Å². The summed E-state index contributed by atoms with van der Waals surface area (Å²) in [4.78, 5) is 0. The second-order valence-electron chi connectivity index (χ2n) is 6.57. The zero-order chi connectivity index (χ0) is 12.9. The average Bonchev–Trinajstić information content (AvgIpc) is 2.30. The van der Waals surface area contributed by atoms with Crippen molar-refractivity contribution in [1.82, 2.24) is 5.32 Å². The standard InChI is InChI=1S/C15H31NO/c1-6-15(5,12-16-7-2)17-13-8-10-14(3,4)11-9-13/h13,16H,6-12H2,1-5H3. The van der Waals surface area contributed by atoms with Gasteiger partial charge in [-0.25, -0.2) is 0 Å². The van der Waals surface area contributed by atoms with Crippen molar-refractivity contribution in [2.75, 3.05) is 13.1 Å². The molecule has 1 fully saturated rings. The van der Waals surface area contributed by atoms with Crippen LogP contribution in [0.25, 0.3) is 0 Å². The van der Waals surface area contributed by atoms with Gasteiger partial charge in [-0.2, -0.15) is 0 Å². The first-order valence-corrected chi connectivity index (χ1v) is 7.29. The molecule has 2 nitrogen and oxygen atoms in total. The maximum atomic E-state index is 6.36. The monoisotopic (exact) mass is 241 g/mol. The van der Waals surface area contributed by atoms with E-state index in [0.717, 1.165) is 19.5 Å². The minimum Gasteiger partial charge on any atom is -0.371 e. The Labute approximate surface area is 108 Å². The van der Waals surface area contributed by atoms with E-state index in [1.54, 1.807) is 0 Å². The third-order valence-electron chi connectivity index (χ3n) is 4.23. The summed E-state index contributed by atoms with van der Waals surface area (Å²) in [7, 11) is 0. The highest BCUT2D eigenvalue weighted by Gasteiger charge is 2.32. The Kier molecular flexibility index (Phi) is 5.46. The topological polar surface area (TPSA) is 21.3 Å². The van der Waals surface area contributed by atoms with Crippen LogP contribution in [-0.4, -0.2) is 24.8 Å². The van der Waals surface area contributed by atoms with E-state index in [0.29, 0.717) is 11.5 Å². The summed E-state index contributed by atoms with van der Waals surface area (Å²) in [5, 5.41) is 3.42. The molecule has 1 aliphatic carbocycles. The molecule has 1 N–H and O–H groups in total. The van der Waals surface area contributed by atoms with Crippen LogP contribution in [0.3, 0.4) is 0 Å². The van der Waals surface area contributed by atoms with Crippen LogP contribution in [0.4, 0.5) is 0 Å². The molecule has 17 heavy (non-hydrogen) atoms. The van der Waals surface area contributed by atoms with Crippen molar-refractivity contribution in [3.05, 3.63) is 0 Å². The number of hydrogen-bond acceptors (Lipinski definition) is 2. The summed E-state index contributed by atoms with van der Waals surface area (Å²) < 4.78 is 6.36. The number of likely N-dealkylation sites (N-methyl/N-ethyl adjacent to an activating group) is 1. The van der Waals surface area contributed by atoms with Gasteiger partial charge in [0.2, 0.25) is 0 Å². The second kappa shape index (κ2) is 6.19. The molecule has 0 spiro atoms. The molecule has 1 atom stereocenters. The van der Waals surface area contributed by atoms with Gasteiger partial charge < -0.3 is 10.1 Å². The van der Waals surface area contributed by atoms with Gasteiger partial charge in [-0.1, -0.05) is 27.7 Å². The molecule has 0 saturated heterocycles. The van der Waals surface area contributed by atoms with E-state index in [2.05, 4.69) is 39.9 Å². The Bertz CT molecular complexity index is 217. The second-order valence-corrected chi connectivity index (χ2v) is 6.57. The van der Waals surface area contributed by atoms with E-state index in [-0.39, 0.29) is 5.60 Å². The fourth-order valence-corrected chi connectivity index (χ4v) is 2.53. The van der Waals surface area contributed by atoms with Gasteiger partial charge in [-0.15, -0.1) is 0 Å². The zero-order valence-corrected chi connectivity index (χ0v) is 12.4. The van der Waals surface area contributed by atoms with Gasteiger partial charge >= 0.3 is 0 Å². The highest BCUT2D eigenvalue weighted by molar-refractivity contribution is 4.83. The molecule has 0 amide bonds. The van der Waals surface area contributed by atoms with Gasteiger partial charge in [0.15, 0.2) is 0 Å². The average molecular weight is 241 g/mol. The van der Waals surface area contributed by atoms with Crippen molar-refractivity contribution in [3.8, 4) is 0 Å². The first-order valence-electron chi connectivity index (χ1n) is 7.29. The molecule has 102 valence electrons. The largest absolute Gasteiger partial charge is 0.371 e.